The summed E-state index contributed by atoms with van der Waals surface area (Å²) in [5, 5.41) is 2.66. The number of piperidine rings is 1. The molecule has 1 rings (SSSR count). The second kappa shape index (κ2) is 6.73. The first kappa shape index (κ1) is 15.0. The molecule has 2 unspecified atom stereocenters. The summed E-state index contributed by atoms with van der Waals surface area (Å²) in [6.07, 6.45) is 1.75. The van der Waals surface area contributed by atoms with Crippen LogP contribution in [-0.4, -0.2) is 43.4 Å². The third-order valence-corrected chi connectivity index (χ3v) is 3.73. The van der Waals surface area contributed by atoms with Crippen LogP contribution in [-0.2, 0) is 9.59 Å². The molecule has 1 heterocycles. The van der Waals surface area contributed by atoms with Gasteiger partial charge in [0, 0.05) is 26.7 Å². The van der Waals surface area contributed by atoms with Gasteiger partial charge in [0.2, 0.25) is 11.8 Å². The van der Waals surface area contributed by atoms with Gasteiger partial charge in [0.25, 0.3) is 0 Å². The Balaban J connectivity index is 2.65. The number of rotatable bonds is 4. The van der Waals surface area contributed by atoms with E-state index in [1.807, 2.05) is 13.8 Å². The molecule has 0 aliphatic carbocycles. The maximum atomic E-state index is 12.3. The third kappa shape index (κ3) is 3.45. The molecule has 0 aromatic heterocycles. The molecule has 0 aromatic rings. The van der Waals surface area contributed by atoms with Crippen LogP contribution in [0, 0.1) is 17.8 Å². The summed E-state index contributed by atoms with van der Waals surface area (Å²) in [4.78, 5) is 25.8. The molecule has 0 spiro atoms. The van der Waals surface area contributed by atoms with E-state index in [1.54, 1.807) is 11.9 Å². The van der Waals surface area contributed by atoms with Crippen LogP contribution in [0.25, 0.3) is 0 Å². The number of carbonyl (C=O) groups is 2. The average Bonchev–Trinajstić information content (AvgIpc) is 2.38. The van der Waals surface area contributed by atoms with Crippen molar-refractivity contribution in [3.05, 3.63) is 0 Å². The van der Waals surface area contributed by atoms with Crippen molar-refractivity contribution >= 4 is 11.8 Å². The molecule has 5 heteroatoms. The highest BCUT2D eigenvalue weighted by Gasteiger charge is 2.31. The van der Waals surface area contributed by atoms with Crippen LogP contribution in [0.2, 0.25) is 0 Å². The van der Waals surface area contributed by atoms with E-state index in [0.29, 0.717) is 13.1 Å². The minimum absolute atomic E-state index is 0.0290. The molecule has 0 saturated carbocycles. The van der Waals surface area contributed by atoms with Gasteiger partial charge >= 0.3 is 0 Å². The average molecular weight is 255 g/mol. The van der Waals surface area contributed by atoms with Gasteiger partial charge in [-0.15, -0.1) is 0 Å². The molecule has 1 aliphatic heterocycles. The molecule has 0 aromatic carbocycles. The Morgan fingerprint density at radius 3 is 2.61 bits per heavy atom. The number of nitrogens with zero attached hydrogens (tertiary/aromatic N) is 1. The summed E-state index contributed by atoms with van der Waals surface area (Å²) in [5.41, 5.74) is 5.68. The van der Waals surface area contributed by atoms with E-state index >= 15 is 0 Å². The number of likely N-dealkylation sites (tertiary alicyclic amines) is 1. The molecule has 0 bridgehead atoms. The molecule has 2 amide bonds. The fourth-order valence-electron chi connectivity index (χ4n) is 2.49. The van der Waals surface area contributed by atoms with Crippen molar-refractivity contribution in [2.24, 2.45) is 23.5 Å². The van der Waals surface area contributed by atoms with Gasteiger partial charge in [0.1, 0.15) is 0 Å². The number of amides is 2. The minimum Gasteiger partial charge on any atom is -0.359 e. The van der Waals surface area contributed by atoms with Gasteiger partial charge in [0.05, 0.1) is 11.8 Å². The predicted molar refractivity (Wildman–Crippen MR) is 70.8 cm³/mol. The number of carbonyl (C=O) groups excluding carboxylic acids is 2. The van der Waals surface area contributed by atoms with Gasteiger partial charge in [-0.3, -0.25) is 9.59 Å². The van der Waals surface area contributed by atoms with E-state index in [-0.39, 0.29) is 29.6 Å². The number of hydrogen-bond acceptors (Lipinski definition) is 3. The lowest BCUT2D eigenvalue weighted by Crippen LogP contribution is -2.48. The van der Waals surface area contributed by atoms with Crippen molar-refractivity contribution in [1.82, 2.24) is 10.2 Å². The summed E-state index contributed by atoms with van der Waals surface area (Å²) in [5.74, 6) is 0.164. The lowest BCUT2D eigenvalue weighted by atomic mass is 9.91. The van der Waals surface area contributed by atoms with Crippen molar-refractivity contribution in [2.45, 2.75) is 26.7 Å². The second-order valence-corrected chi connectivity index (χ2v) is 5.32. The molecular weight excluding hydrogens is 230 g/mol. The maximum absolute atomic E-state index is 12.3. The van der Waals surface area contributed by atoms with Crippen LogP contribution in [0.4, 0.5) is 0 Å². The highest BCUT2D eigenvalue weighted by Crippen LogP contribution is 2.20. The van der Waals surface area contributed by atoms with Gasteiger partial charge in [0.15, 0.2) is 0 Å². The van der Waals surface area contributed by atoms with Gasteiger partial charge in [-0.2, -0.15) is 0 Å². The Kier molecular flexibility index (Phi) is 5.59. The fraction of sp³-hybridized carbons (Fsp3) is 0.846. The Morgan fingerprint density at radius 1 is 1.44 bits per heavy atom. The SMILES string of the molecule is CNC(=O)C1CCCN(C(=O)C(CN)C(C)C)C1. The van der Waals surface area contributed by atoms with Crippen molar-refractivity contribution in [1.29, 1.82) is 0 Å². The molecule has 3 N–H and O–H groups in total. The monoisotopic (exact) mass is 255 g/mol. The van der Waals surface area contributed by atoms with E-state index in [4.69, 9.17) is 5.73 Å². The highest BCUT2D eigenvalue weighted by molar-refractivity contribution is 5.82. The van der Waals surface area contributed by atoms with E-state index in [0.717, 1.165) is 19.4 Å². The fourth-order valence-corrected chi connectivity index (χ4v) is 2.49. The van der Waals surface area contributed by atoms with Crippen molar-refractivity contribution < 1.29 is 9.59 Å². The highest BCUT2D eigenvalue weighted by atomic mass is 16.2. The number of nitrogens with two attached hydrogens (primary N) is 1. The summed E-state index contributed by atoms with van der Waals surface area (Å²) in [6.45, 7) is 5.67. The Morgan fingerprint density at radius 2 is 2.11 bits per heavy atom. The normalized spacial score (nSPS) is 21.8. The van der Waals surface area contributed by atoms with E-state index in [9.17, 15) is 9.59 Å². The van der Waals surface area contributed by atoms with Gasteiger partial charge in [-0.1, -0.05) is 13.8 Å². The standard InChI is InChI=1S/C13H25N3O2/c1-9(2)11(7-14)13(18)16-6-4-5-10(8-16)12(17)15-3/h9-11H,4-8,14H2,1-3H3,(H,15,17). The zero-order valence-electron chi connectivity index (χ0n) is 11.6. The summed E-state index contributed by atoms with van der Waals surface area (Å²) < 4.78 is 0. The predicted octanol–water partition coefficient (Wildman–Crippen LogP) is 0.202. The molecule has 1 fully saturated rings. The van der Waals surface area contributed by atoms with Crippen LogP contribution in [0.5, 0.6) is 0 Å². The number of hydrogen-bond donors (Lipinski definition) is 2. The second-order valence-electron chi connectivity index (χ2n) is 5.32. The first-order chi connectivity index (χ1) is 8.51. The van der Waals surface area contributed by atoms with Crippen molar-refractivity contribution in [3.8, 4) is 0 Å². The Bertz CT molecular complexity index is 305. The molecule has 1 saturated heterocycles. The molecule has 0 radical (unpaired) electrons. The zero-order valence-corrected chi connectivity index (χ0v) is 11.6. The van der Waals surface area contributed by atoms with Crippen molar-refractivity contribution in [3.63, 3.8) is 0 Å². The largest absolute Gasteiger partial charge is 0.359 e. The summed E-state index contributed by atoms with van der Waals surface area (Å²) >= 11 is 0. The van der Waals surface area contributed by atoms with Crippen LogP contribution in [0.1, 0.15) is 26.7 Å². The first-order valence-electron chi connectivity index (χ1n) is 6.71. The maximum Gasteiger partial charge on any atom is 0.227 e. The van der Waals surface area contributed by atoms with Gasteiger partial charge < -0.3 is 16.0 Å². The molecule has 2 atom stereocenters. The van der Waals surface area contributed by atoms with Crippen LogP contribution in [0.15, 0.2) is 0 Å². The van der Waals surface area contributed by atoms with E-state index < -0.39 is 0 Å². The lowest BCUT2D eigenvalue weighted by molar-refractivity contribution is -0.140. The molecule has 104 valence electrons. The summed E-state index contributed by atoms with van der Waals surface area (Å²) in [6, 6.07) is 0. The third-order valence-electron chi connectivity index (χ3n) is 3.73. The molecule has 18 heavy (non-hydrogen) atoms. The van der Waals surface area contributed by atoms with Crippen molar-refractivity contribution in [2.75, 3.05) is 26.7 Å². The molecule has 1 aliphatic rings. The Labute approximate surface area is 109 Å². The number of nitrogens with one attached hydrogen (secondary N) is 1. The Hall–Kier alpha value is -1.10. The quantitative estimate of drug-likeness (QED) is 0.753. The zero-order chi connectivity index (χ0) is 13.7. The molecule has 5 nitrogen and oxygen atoms in total. The lowest BCUT2D eigenvalue weighted by Gasteiger charge is -2.35. The van der Waals surface area contributed by atoms with Crippen LogP contribution in [0.3, 0.4) is 0 Å². The van der Waals surface area contributed by atoms with Crippen LogP contribution < -0.4 is 11.1 Å². The van der Waals surface area contributed by atoms with E-state index in [2.05, 4.69) is 5.32 Å². The smallest absolute Gasteiger partial charge is 0.227 e. The molecular formula is C13H25N3O2. The van der Waals surface area contributed by atoms with E-state index in [1.165, 1.54) is 0 Å². The summed E-state index contributed by atoms with van der Waals surface area (Å²) in [7, 11) is 1.64. The topological polar surface area (TPSA) is 75.4 Å². The minimum atomic E-state index is -0.131. The first-order valence-corrected chi connectivity index (χ1v) is 6.71. The van der Waals surface area contributed by atoms with Gasteiger partial charge in [-0.05, 0) is 18.8 Å². The van der Waals surface area contributed by atoms with Gasteiger partial charge in [-0.25, -0.2) is 0 Å². The van der Waals surface area contributed by atoms with Crippen LogP contribution >= 0.6 is 0 Å².